The van der Waals surface area contributed by atoms with Crippen molar-refractivity contribution in [2.45, 2.75) is 50.1 Å². The largest absolute Gasteiger partial charge is 0.330 e. The summed E-state index contributed by atoms with van der Waals surface area (Å²) in [5.41, 5.74) is 0. The van der Waals surface area contributed by atoms with E-state index in [2.05, 4.69) is 17.9 Å². The van der Waals surface area contributed by atoms with Crippen molar-refractivity contribution >= 4 is 24.7 Å². The molecule has 5 nitrogen and oxygen atoms in total. The third-order valence-electron chi connectivity index (χ3n) is 3.65. The molecule has 1 saturated carbocycles. The average molecular weight is 257 g/mol. The van der Waals surface area contributed by atoms with Gasteiger partial charge in [-0.25, -0.2) is 14.5 Å². The van der Waals surface area contributed by atoms with Gasteiger partial charge < -0.3 is 5.32 Å². The van der Waals surface area contributed by atoms with E-state index >= 15 is 0 Å². The number of carbonyl (C=O) groups excluding carboxylic acids is 2. The number of thiol groups is 1. The van der Waals surface area contributed by atoms with Crippen LogP contribution in [0.3, 0.4) is 0 Å². The SMILES string of the molecule is CN1C(=O)N(C2CCCCC2)C(=O)NC1(C)S. The number of urea groups is 2. The van der Waals surface area contributed by atoms with E-state index in [0.29, 0.717) is 0 Å². The predicted octanol–water partition coefficient (Wildman–Crippen LogP) is 2.00. The van der Waals surface area contributed by atoms with Gasteiger partial charge in [-0.2, -0.15) is 0 Å². The number of hydrogen-bond donors (Lipinski definition) is 2. The van der Waals surface area contributed by atoms with E-state index in [-0.39, 0.29) is 18.1 Å². The smallest absolute Gasteiger partial charge is 0.306 e. The predicted molar refractivity (Wildman–Crippen MR) is 67.8 cm³/mol. The fraction of sp³-hybridized carbons (Fsp3) is 0.818. The van der Waals surface area contributed by atoms with Crippen LogP contribution in [-0.4, -0.2) is 39.9 Å². The molecule has 96 valence electrons. The Bertz CT molecular complexity index is 340. The second kappa shape index (κ2) is 4.40. The third-order valence-corrected chi connectivity index (χ3v) is 4.06. The van der Waals surface area contributed by atoms with Gasteiger partial charge in [0.2, 0.25) is 0 Å². The van der Waals surface area contributed by atoms with Gasteiger partial charge in [0.1, 0.15) is 0 Å². The third kappa shape index (κ3) is 2.22. The fourth-order valence-corrected chi connectivity index (χ4v) is 2.62. The van der Waals surface area contributed by atoms with Crippen molar-refractivity contribution in [3.8, 4) is 0 Å². The topological polar surface area (TPSA) is 52.7 Å². The molecular weight excluding hydrogens is 238 g/mol. The van der Waals surface area contributed by atoms with Gasteiger partial charge in [0, 0.05) is 13.1 Å². The standard InChI is InChI=1S/C11H19N3O2S/c1-11(17)12-9(15)14(10(16)13(11)2)8-6-4-3-5-7-8/h8,17H,3-7H2,1-2H3,(H,12,15). The minimum atomic E-state index is -0.903. The molecule has 2 rings (SSSR count). The molecule has 0 aromatic heterocycles. The summed E-state index contributed by atoms with van der Waals surface area (Å²) in [6.45, 7) is 1.70. The van der Waals surface area contributed by atoms with E-state index in [1.807, 2.05) is 0 Å². The Morgan fingerprint density at radius 2 is 1.88 bits per heavy atom. The Labute approximate surface area is 107 Å². The number of imide groups is 1. The Morgan fingerprint density at radius 1 is 1.29 bits per heavy atom. The van der Waals surface area contributed by atoms with Crippen molar-refractivity contribution in [3.05, 3.63) is 0 Å². The first-order valence-electron chi connectivity index (χ1n) is 6.05. The monoisotopic (exact) mass is 257 g/mol. The lowest BCUT2D eigenvalue weighted by molar-refractivity contribution is 0.0881. The van der Waals surface area contributed by atoms with E-state index in [1.165, 1.54) is 16.2 Å². The minimum absolute atomic E-state index is 0.0446. The molecule has 17 heavy (non-hydrogen) atoms. The highest BCUT2D eigenvalue weighted by Gasteiger charge is 2.44. The highest BCUT2D eigenvalue weighted by molar-refractivity contribution is 7.81. The molecule has 0 aromatic carbocycles. The lowest BCUT2D eigenvalue weighted by Crippen LogP contribution is -2.69. The molecule has 6 heteroatoms. The van der Waals surface area contributed by atoms with E-state index in [1.54, 1.807) is 14.0 Å². The zero-order valence-electron chi connectivity index (χ0n) is 10.3. The second-order valence-corrected chi connectivity index (χ2v) is 5.83. The van der Waals surface area contributed by atoms with Crippen LogP contribution in [-0.2, 0) is 0 Å². The molecule has 1 aliphatic carbocycles. The van der Waals surface area contributed by atoms with Gasteiger partial charge in [-0.05, 0) is 19.8 Å². The van der Waals surface area contributed by atoms with Crippen LogP contribution in [0.25, 0.3) is 0 Å². The molecular formula is C11H19N3O2S. The van der Waals surface area contributed by atoms with Crippen LogP contribution in [0.4, 0.5) is 9.59 Å². The van der Waals surface area contributed by atoms with Crippen molar-refractivity contribution in [2.24, 2.45) is 0 Å². The molecule has 1 N–H and O–H groups in total. The van der Waals surface area contributed by atoms with Gasteiger partial charge in [0.15, 0.2) is 4.99 Å². The van der Waals surface area contributed by atoms with Crippen LogP contribution in [0.15, 0.2) is 0 Å². The maximum Gasteiger partial charge on any atom is 0.330 e. The van der Waals surface area contributed by atoms with E-state index in [9.17, 15) is 9.59 Å². The number of hydrogen-bond acceptors (Lipinski definition) is 3. The summed E-state index contributed by atoms with van der Waals surface area (Å²) in [7, 11) is 1.66. The molecule has 1 aliphatic heterocycles. The summed E-state index contributed by atoms with van der Waals surface area (Å²) in [6.07, 6.45) is 5.19. The molecule has 0 aromatic rings. The summed E-state index contributed by atoms with van der Waals surface area (Å²) < 4.78 is 0. The maximum atomic E-state index is 12.2. The first-order valence-corrected chi connectivity index (χ1v) is 6.50. The molecule has 2 fully saturated rings. The molecule has 1 atom stereocenters. The first kappa shape index (κ1) is 12.5. The van der Waals surface area contributed by atoms with Crippen molar-refractivity contribution < 1.29 is 9.59 Å². The molecule has 0 bridgehead atoms. The van der Waals surface area contributed by atoms with Crippen LogP contribution < -0.4 is 5.32 Å². The number of rotatable bonds is 1. The zero-order chi connectivity index (χ0) is 12.6. The Morgan fingerprint density at radius 3 is 2.47 bits per heavy atom. The summed E-state index contributed by atoms with van der Waals surface area (Å²) in [5.74, 6) is 0. The summed E-state index contributed by atoms with van der Waals surface area (Å²) in [6, 6.07) is -0.529. The first-order chi connectivity index (χ1) is 7.93. The Hall–Kier alpha value is -0.910. The van der Waals surface area contributed by atoms with Crippen LogP contribution >= 0.6 is 12.6 Å². The van der Waals surface area contributed by atoms with Gasteiger partial charge in [-0.1, -0.05) is 19.3 Å². The Kier molecular flexibility index (Phi) is 3.25. The van der Waals surface area contributed by atoms with E-state index in [0.717, 1.165) is 25.7 Å². The number of amides is 4. The van der Waals surface area contributed by atoms with Crippen LogP contribution in [0.1, 0.15) is 39.0 Å². The van der Waals surface area contributed by atoms with Crippen LogP contribution in [0.2, 0.25) is 0 Å². The highest BCUT2D eigenvalue weighted by atomic mass is 32.1. The van der Waals surface area contributed by atoms with Gasteiger partial charge in [0.05, 0.1) is 0 Å². The molecule has 1 saturated heterocycles. The van der Waals surface area contributed by atoms with Crippen LogP contribution in [0.5, 0.6) is 0 Å². The molecule has 1 unspecified atom stereocenters. The quantitative estimate of drug-likeness (QED) is 0.706. The van der Waals surface area contributed by atoms with Crippen molar-refractivity contribution in [3.63, 3.8) is 0 Å². The van der Waals surface area contributed by atoms with Gasteiger partial charge in [-0.15, -0.1) is 12.6 Å². The molecule has 4 amide bonds. The maximum absolute atomic E-state index is 12.2. The lowest BCUT2D eigenvalue weighted by Gasteiger charge is -2.46. The molecule has 0 spiro atoms. The summed E-state index contributed by atoms with van der Waals surface area (Å²) in [5, 5.41) is 2.74. The minimum Gasteiger partial charge on any atom is -0.306 e. The van der Waals surface area contributed by atoms with Crippen molar-refractivity contribution in [1.29, 1.82) is 0 Å². The number of nitrogens with one attached hydrogen (secondary N) is 1. The number of carbonyl (C=O) groups is 2. The van der Waals surface area contributed by atoms with E-state index in [4.69, 9.17) is 0 Å². The number of nitrogens with zero attached hydrogens (tertiary/aromatic N) is 2. The van der Waals surface area contributed by atoms with E-state index < -0.39 is 4.99 Å². The van der Waals surface area contributed by atoms with Crippen molar-refractivity contribution in [2.75, 3.05) is 7.05 Å². The average Bonchev–Trinajstić information content (AvgIpc) is 2.27. The van der Waals surface area contributed by atoms with Gasteiger partial charge >= 0.3 is 12.1 Å². The van der Waals surface area contributed by atoms with Gasteiger partial charge in [-0.3, -0.25) is 4.90 Å². The lowest BCUT2D eigenvalue weighted by atomic mass is 9.94. The van der Waals surface area contributed by atoms with Gasteiger partial charge in [0.25, 0.3) is 0 Å². The Balaban J connectivity index is 2.17. The molecule has 2 aliphatic rings. The van der Waals surface area contributed by atoms with Crippen molar-refractivity contribution in [1.82, 2.24) is 15.1 Å². The summed E-state index contributed by atoms with van der Waals surface area (Å²) in [4.78, 5) is 26.1. The molecule has 0 radical (unpaired) electrons. The summed E-state index contributed by atoms with van der Waals surface area (Å²) >= 11 is 4.28. The highest BCUT2D eigenvalue weighted by Crippen LogP contribution is 2.28. The normalized spacial score (nSPS) is 31.7. The molecule has 1 heterocycles. The zero-order valence-corrected chi connectivity index (χ0v) is 11.2. The second-order valence-electron chi connectivity index (χ2n) is 4.95. The van der Waals surface area contributed by atoms with Crippen LogP contribution in [0, 0.1) is 0 Å². The fourth-order valence-electron chi connectivity index (χ4n) is 2.44.